The second-order valence-corrected chi connectivity index (χ2v) is 4.96. The van der Waals surface area contributed by atoms with Gasteiger partial charge in [-0.25, -0.2) is 0 Å². The van der Waals surface area contributed by atoms with E-state index in [1.807, 2.05) is 14.0 Å². The van der Waals surface area contributed by atoms with Gasteiger partial charge < -0.3 is 4.90 Å². The van der Waals surface area contributed by atoms with Crippen molar-refractivity contribution in [2.45, 2.75) is 18.7 Å². The first-order valence-corrected chi connectivity index (χ1v) is 5.98. The zero-order valence-electron chi connectivity index (χ0n) is 10.1. The Labute approximate surface area is 106 Å². The average molecular weight is 257 g/mol. The molecule has 0 amide bonds. The van der Waals surface area contributed by atoms with Crippen molar-refractivity contribution in [3.8, 4) is 0 Å². The number of nitro benzene ring substituents is 1. The summed E-state index contributed by atoms with van der Waals surface area (Å²) >= 11 is 5.89. The molecule has 0 N–H and O–H groups in total. The molecule has 94 valence electrons. The van der Waals surface area contributed by atoms with Gasteiger partial charge in [0.2, 0.25) is 0 Å². The Morgan fingerprint density at radius 3 is 2.47 bits per heavy atom. The summed E-state index contributed by atoms with van der Waals surface area (Å²) in [4.78, 5) is 12.3. The van der Waals surface area contributed by atoms with E-state index in [0.29, 0.717) is 0 Å². The lowest BCUT2D eigenvalue weighted by atomic mass is 10.1. The van der Waals surface area contributed by atoms with E-state index < -0.39 is 0 Å². The van der Waals surface area contributed by atoms with Crippen molar-refractivity contribution in [2.75, 3.05) is 20.1 Å². The third-order valence-corrected chi connectivity index (χ3v) is 2.63. The summed E-state index contributed by atoms with van der Waals surface area (Å²) in [7, 11) is 2.02. The zero-order chi connectivity index (χ0) is 12.8. The molecule has 1 aromatic carbocycles. The van der Waals surface area contributed by atoms with E-state index in [4.69, 9.17) is 11.6 Å². The van der Waals surface area contributed by atoms with Crippen molar-refractivity contribution in [3.63, 3.8) is 0 Å². The third kappa shape index (κ3) is 5.15. The molecule has 1 aromatic rings. The van der Waals surface area contributed by atoms with Gasteiger partial charge in [0.1, 0.15) is 0 Å². The van der Waals surface area contributed by atoms with Crippen LogP contribution in [-0.2, 0) is 6.42 Å². The Morgan fingerprint density at radius 1 is 1.41 bits per heavy atom. The molecule has 0 aromatic heterocycles. The summed E-state index contributed by atoms with van der Waals surface area (Å²) in [6.07, 6.45) is 0.873. The molecule has 4 nitrogen and oxygen atoms in total. The van der Waals surface area contributed by atoms with Gasteiger partial charge in [-0.2, -0.15) is 0 Å². The van der Waals surface area contributed by atoms with Crippen molar-refractivity contribution in [1.82, 2.24) is 4.90 Å². The molecule has 0 saturated carbocycles. The molecule has 0 aliphatic rings. The number of nitrogens with zero attached hydrogens (tertiary/aromatic N) is 2. The predicted molar refractivity (Wildman–Crippen MR) is 69.6 cm³/mol. The van der Waals surface area contributed by atoms with Gasteiger partial charge in [0.05, 0.1) is 4.92 Å². The van der Waals surface area contributed by atoms with E-state index in [1.54, 1.807) is 24.3 Å². The second-order valence-electron chi connectivity index (χ2n) is 4.22. The maximum absolute atomic E-state index is 10.5. The molecule has 1 rings (SSSR count). The van der Waals surface area contributed by atoms with Crippen LogP contribution in [0.4, 0.5) is 5.69 Å². The normalized spacial score (nSPS) is 12.7. The first kappa shape index (κ1) is 13.9. The third-order valence-electron chi connectivity index (χ3n) is 2.49. The Kier molecular flexibility index (Phi) is 5.38. The zero-order valence-corrected chi connectivity index (χ0v) is 10.9. The number of alkyl halides is 1. The van der Waals surface area contributed by atoms with Gasteiger partial charge in [-0.15, -0.1) is 11.6 Å². The minimum atomic E-state index is -0.384. The molecule has 0 radical (unpaired) electrons. The predicted octanol–water partition coefficient (Wildman–Crippen LogP) is 2.70. The highest BCUT2D eigenvalue weighted by Crippen LogP contribution is 2.12. The average Bonchev–Trinajstić information content (AvgIpc) is 2.26. The molecule has 1 atom stereocenters. The standard InChI is InChI=1S/C12H17ClN2O2/c1-10(13)9-14(2)8-7-11-3-5-12(6-4-11)15(16)17/h3-6,10H,7-9H2,1-2H3. The first-order chi connectivity index (χ1) is 7.99. The summed E-state index contributed by atoms with van der Waals surface area (Å²) in [5.74, 6) is 0. The van der Waals surface area contributed by atoms with Gasteiger partial charge in [0.25, 0.3) is 5.69 Å². The number of benzene rings is 1. The van der Waals surface area contributed by atoms with Crippen LogP contribution in [0.25, 0.3) is 0 Å². The number of likely N-dealkylation sites (N-methyl/N-ethyl adjacent to an activating group) is 1. The maximum Gasteiger partial charge on any atom is 0.269 e. The highest BCUT2D eigenvalue weighted by molar-refractivity contribution is 6.20. The van der Waals surface area contributed by atoms with E-state index in [9.17, 15) is 10.1 Å². The van der Waals surface area contributed by atoms with E-state index in [-0.39, 0.29) is 16.0 Å². The number of halogens is 1. The van der Waals surface area contributed by atoms with Crippen LogP contribution in [0.5, 0.6) is 0 Å². The molecule has 0 saturated heterocycles. The van der Waals surface area contributed by atoms with Crippen molar-refractivity contribution >= 4 is 17.3 Å². The number of non-ortho nitro benzene ring substituents is 1. The number of hydrogen-bond acceptors (Lipinski definition) is 3. The molecule has 0 aliphatic heterocycles. The van der Waals surface area contributed by atoms with Crippen LogP contribution in [-0.4, -0.2) is 35.3 Å². The van der Waals surface area contributed by atoms with Gasteiger partial charge in [-0.1, -0.05) is 12.1 Å². The van der Waals surface area contributed by atoms with Crippen molar-refractivity contribution in [1.29, 1.82) is 0 Å². The summed E-state index contributed by atoms with van der Waals surface area (Å²) in [6.45, 7) is 3.70. The molecule has 1 unspecified atom stereocenters. The monoisotopic (exact) mass is 256 g/mol. The smallest absolute Gasteiger partial charge is 0.269 e. The molecule has 0 spiro atoms. The molecule has 0 bridgehead atoms. The molecule has 17 heavy (non-hydrogen) atoms. The van der Waals surface area contributed by atoms with Crippen LogP contribution in [0.1, 0.15) is 12.5 Å². The van der Waals surface area contributed by atoms with Crippen LogP contribution in [0, 0.1) is 10.1 Å². The van der Waals surface area contributed by atoms with Crippen molar-refractivity contribution in [3.05, 3.63) is 39.9 Å². The van der Waals surface area contributed by atoms with Crippen LogP contribution < -0.4 is 0 Å². The Morgan fingerprint density at radius 2 is 2.00 bits per heavy atom. The fourth-order valence-corrected chi connectivity index (χ4v) is 1.86. The minimum absolute atomic E-state index is 0.136. The fourth-order valence-electron chi connectivity index (χ4n) is 1.63. The molecular weight excluding hydrogens is 240 g/mol. The van der Waals surface area contributed by atoms with Gasteiger partial charge in [0.15, 0.2) is 0 Å². The lowest BCUT2D eigenvalue weighted by Crippen LogP contribution is -2.26. The van der Waals surface area contributed by atoms with Gasteiger partial charge in [0, 0.05) is 30.6 Å². The summed E-state index contributed by atoms with van der Waals surface area (Å²) in [6, 6.07) is 6.69. The SMILES string of the molecule is CC(Cl)CN(C)CCc1ccc([N+](=O)[O-])cc1. The first-order valence-electron chi connectivity index (χ1n) is 5.55. The largest absolute Gasteiger partial charge is 0.305 e. The lowest BCUT2D eigenvalue weighted by Gasteiger charge is -2.17. The minimum Gasteiger partial charge on any atom is -0.305 e. The molecule has 0 aliphatic carbocycles. The van der Waals surface area contributed by atoms with Crippen molar-refractivity contribution < 1.29 is 4.92 Å². The van der Waals surface area contributed by atoms with E-state index in [2.05, 4.69) is 4.90 Å². The quantitative estimate of drug-likeness (QED) is 0.447. The Balaban J connectivity index is 2.44. The number of rotatable bonds is 6. The molecule has 5 heteroatoms. The second kappa shape index (κ2) is 6.57. The van der Waals surface area contributed by atoms with Crippen LogP contribution in [0.2, 0.25) is 0 Å². The number of hydrogen-bond donors (Lipinski definition) is 0. The topological polar surface area (TPSA) is 46.4 Å². The highest BCUT2D eigenvalue weighted by Gasteiger charge is 2.06. The van der Waals surface area contributed by atoms with E-state index >= 15 is 0 Å². The van der Waals surface area contributed by atoms with Crippen LogP contribution in [0.3, 0.4) is 0 Å². The van der Waals surface area contributed by atoms with Gasteiger partial charge >= 0.3 is 0 Å². The Bertz CT molecular complexity index is 365. The van der Waals surface area contributed by atoms with E-state index in [0.717, 1.165) is 25.1 Å². The van der Waals surface area contributed by atoms with Gasteiger partial charge in [-0.3, -0.25) is 10.1 Å². The van der Waals surface area contributed by atoms with Crippen LogP contribution in [0.15, 0.2) is 24.3 Å². The molecule has 0 fully saturated rings. The Hall–Kier alpha value is -1.13. The summed E-state index contributed by atoms with van der Waals surface area (Å²) in [5.41, 5.74) is 1.24. The molecule has 0 heterocycles. The fraction of sp³-hybridized carbons (Fsp3) is 0.500. The van der Waals surface area contributed by atoms with E-state index in [1.165, 1.54) is 0 Å². The maximum atomic E-state index is 10.5. The lowest BCUT2D eigenvalue weighted by molar-refractivity contribution is -0.384. The van der Waals surface area contributed by atoms with Crippen LogP contribution >= 0.6 is 11.6 Å². The van der Waals surface area contributed by atoms with Crippen molar-refractivity contribution in [2.24, 2.45) is 0 Å². The molecular formula is C12H17ClN2O2. The highest BCUT2D eigenvalue weighted by atomic mass is 35.5. The van der Waals surface area contributed by atoms with Gasteiger partial charge in [-0.05, 0) is 26.0 Å². The summed E-state index contributed by atoms with van der Waals surface area (Å²) in [5, 5.41) is 10.6. The number of nitro groups is 1. The summed E-state index contributed by atoms with van der Waals surface area (Å²) < 4.78 is 0.